The van der Waals surface area contributed by atoms with Crippen LogP contribution in [0.4, 0.5) is 0 Å². The number of esters is 1. The van der Waals surface area contributed by atoms with Crippen LogP contribution in [-0.2, 0) is 21.1 Å². The highest BCUT2D eigenvalue weighted by Gasteiger charge is 2.42. The van der Waals surface area contributed by atoms with E-state index in [4.69, 9.17) is 4.74 Å². The van der Waals surface area contributed by atoms with Crippen molar-refractivity contribution in [3.63, 3.8) is 0 Å². The maximum absolute atomic E-state index is 13.2. The first-order chi connectivity index (χ1) is 16.9. The second-order valence-electron chi connectivity index (χ2n) is 10.8. The Morgan fingerprint density at radius 2 is 1.92 bits per heavy atom. The van der Waals surface area contributed by atoms with Crippen molar-refractivity contribution in [3.8, 4) is 0 Å². The Bertz CT molecular complexity index is 1100. The molecule has 1 aromatic heterocycles. The molecule has 0 bridgehead atoms. The summed E-state index contributed by atoms with van der Waals surface area (Å²) in [6.07, 6.45) is 3.55. The van der Waals surface area contributed by atoms with E-state index in [2.05, 4.69) is 11.1 Å². The highest BCUT2D eigenvalue weighted by Crippen LogP contribution is 2.33. The molecule has 3 N–H and O–H groups in total. The maximum Gasteiger partial charge on any atom is 0.309 e. The first-order valence-corrected chi connectivity index (χ1v) is 12.8. The Morgan fingerprint density at radius 3 is 2.61 bits per heavy atom. The standard InChI is InChI=1S/C28H40N2O6/c1-17-7-6-8-18(2)26(34)19(3)27(35)28(4,5)24(32)14-25(33)36-23(12-9-17)20-10-11-22-21(13-20)29-15-30(22)16-31/h9-11,13,15,18-19,23-24,26,31-32,34H,6-8,12,14,16H2,1-5H3/b17-9-/t18?,19?,23-,24?,26-/m0/s1. The van der Waals surface area contributed by atoms with Gasteiger partial charge in [-0.15, -0.1) is 0 Å². The molecule has 198 valence electrons. The van der Waals surface area contributed by atoms with Gasteiger partial charge < -0.3 is 24.6 Å². The SMILES string of the molecule is C/C1=C/C[C@@H](c2ccc3c(c2)ncn3CO)OC(=O)CC(O)C(C)(C)C(=O)C(C)[C@@H](O)C(C)CCC1. The van der Waals surface area contributed by atoms with Crippen molar-refractivity contribution in [2.75, 3.05) is 0 Å². The first kappa shape index (κ1) is 28.0. The number of Topliss-reactive ketones (excluding diaryl/α,β-unsaturated/α-hetero) is 1. The first-order valence-electron chi connectivity index (χ1n) is 12.8. The highest BCUT2D eigenvalue weighted by molar-refractivity contribution is 5.88. The summed E-state index contributed by atoms with van der Waals surface area (Å²) >= 11 is 0. The molecule has 36 heavy (non-hydrogen) atoms. The number of carbonyl (C=O) groups excluding carboxylic acids is 2. The summed E-state index contributed by atoms with van der Waals surface area (Å²) in [5, 5.41) is 31.1. The molecule has 2 heterocycles. The summed E-state index contributed by atoms with van der Waals surface area (Å²) in [4.78, 5) is 30.5. The number of hydrogen-bond donors (Lipinski definition) is 3. The van der Waals surface area contributed by atoms with Crippen molar-refractivity contribution in [3.05, 3.63) is 41.7 Å². The molecule has 0 radical (unpaired) electrons. The summed E-state index contributed by atoms with van der Waals surface area (Å²) in [5.41, 5.74) is 2.14. The van der Waals surface area contributed by atoms with Crippen LogP contribution in [0.3, 0.4) is 0 Å². The summed E-state index contributed by atoms with van der Waals surface area (Å²) in [6.45, 7) is 8.71. The van der Waals surface area contributed by atoms with E-state index in [1.807, 2.05) is 32.0 Å². The number of allylic oxidation sites excluding steroid dienone is 1. The van der Waals surface area contributed by atoms with Gasteiger partial charge >= 0.3 is 5.97 Å². The van der Waals surface area contributed by atoms with Gasteiger partial charge in [0.25, 0.3) is 0 Å². The molecule has 3 unspecified atom stereocenters. The van der Waals surface area contributed by atoms with Crippen LogP contribution in [0, 0.1) is 17.3 Å². The molecule has 1 aromatic carbocycles. The van der Waals surface area contributed by atoms with Crippen LogP contribution in [0.5, 0.6) is 0 Å². The normalized spacial score (nSPS) is 30.6. The fraction of sp³-hybridized carbons (Fsp3) is 0.607. The van der Waals surface area contributed by atoms with Crippen molar-refractivity contribution in [1.82, 2.24) is 9.55 Å². The summed E-state index contributed by atoms with van der Waals surface area (Å²) in [6, 6.07) is 5.53. The zero-order valence-electron chi connectivity index (χ0n) is 22.0. The lowest BCUT2D eigenvalue weighted by atomic mass is 9.73. The molecule has 0 fully saturated rings. The minimum Gasteiger partial charge on any atom is -0.457 e. The van der Waals surface area contributed by atoms with E-state index in [1.165, 1.54) is 0 Å². The minimum atomic E-state index is -1.25. The second-order valence-corrected chi connectivity index (χ2v) is 10.8. The molecular formula is C28H40N2O6. The van der Waals surface area contributed by atoms with E-state index in [0.717, 1.165) is 35.9 Å². The quantitative estimate of drug-likeness (QED) is 0.420. The van der Waals surface area contributed by atoms with Crippen molar-refractivity contribution in [2.24, 2.45) is 17.3 Å². The molecular weight excluding hydrogens is 460 g/mol. The second kappa shape index (κ2) is 11.7. The van der Waals surface area contributed by atoms with Gasteiger partial charge in [0.1, 0.15) is 18.6 Å². The largest absolute Gasteiger partial charge is 0.457 e. The number of aliphatic hydroxyl groups excluding tert-OH is 3. The molecule has 0 aliphatic carbocycles. The van der Waals surface area contributed by atoms with E-state index in [1.54, 1.807) is 31.7 Å². The van der Waals surface area contributed by atoms with Crippen LogP contribution in [0.25, 0.3) is 11.0 Å². The third kappa shape index (κ3) is 6.22. The number of ether oxygens (including phenoxy) is 1. The van der Waals surface area contributed by atoms with Crippen LogP contribution in [0.15, 0.2) is 36.2 Å². The Hall–Kier alpha value is -2.55. The molecule has 8 nitrogen and oxygen atoms in total. The van der Waals surface area contributed by atoms with Crippen molar-refractivity contribution < 1.29 is 29.6 Å². The van der Waals surface area contributed by atoms with E-state index in [0.29, 0.717) is 11.9 Å². The van der Waals surface area contributed by atoms with E-state index in [9.17, 15) is 24.9 Å². The van der Waals surface area contributed by atoms with Crippen LogP contribution >= 0.6 is 0 Å². The Kier molecular flexibility index (Phi) is 9.08. The van der Waals surface area contributed by atoms with Gasteiger partial charge in [-0.25, -0.2) is 4.98 Å². The van der Waals surface area contributed by atoms with E-state index < -0.39 is 35.6 Å². The molecule has 8 heteroatoms. The Balaban J connectivity index is 1.92. The number of hydrogen-bond acceptors (Lipinski definition) is 7. The number of aliphatic hydroxyl groups is 3. The number of ketones is 1. The number of carbonyl (C=O) groups is 2. The Labute approximate surface area is 213 Å². The molecule has 0 saturated heterocycles. The minimum absolute atomic E-state index is 0.0687. The smallest absolute Gasteiger partial charge is 0.309 e. The van der Waals surface area contributed by atoms with Gasteiger partial charge in [-0.3, -0.25) is 9.59 Å². The average molecular weight is 501 g/mol. The lowest BCUT2D eigenvalue weighted by molar-refractivity contribution is -0.155. The fourth-order valence-corrected chi connectivity index (χ4v) is 4.95. The van der Waals surface area contributed by atoms with Crippen LogP contribution in [-0.4, -0.2) is 48.8 Å². The number of imidazole rings is 1. The Morgan fingerprint density at radius 1 is 1.19 bits per heavy atom. The summed E-state index contributed by atoms with van der Waals surface area (Å²) in [7, 11) is 0. The average Bonchev–Trinajstić information content (AvgIpc) is 3.26. The number of benzene rings is 1. The molecule has 5 atom stereocenters. The predicted molar refractivity (Wildman–Crippen MR) is 137 cm³/mol. The topological polar surface area (TPSA) is 122 Å². The van der Waals surface area contributed by atoms with E-state index in [-0.39, 0.29) is 24.9 Å². The van der Waals surface area contributed by atoms with Gasteiger partial charge in [0.05, 0.1) is 41.4 Å². The molecule has 1 aliphatic heterocycles. The zero-order chi connectivity index (χ0) is 26.6. The molecule has 0 spiro atoms. The zero-order valence-corrected chi connectivity index (χ0v) is 22.0. The van der Waals surface area contributed by atoms with Gasteiger partial charge in [-0.1, -0.05) is 45.4 Å². The van der Waals surface area contributed by atoms with Gasteiger partial charge in [0, 0.05) is 12.3 Å². The van der Waals surface area contributed by atoms with E-state index >= 15 is 0 Å². The number of aromatic nitrogens is 2. The highest BCUT2D eigenvalue weighted by atomic mass is 16.5. The molecule has 3 rings (SSSR count). The van der Waals surface area contributed by atoms with Crippen LogP contribution in [0.2, 0.25) is 0 Å². The molecule has 0 amide bonds. The molecule has 1 aliphatic rings. The number of rotatable bonds is 2. The molecule has 2 aromatic rings. The van der Waals surface area contributed by atoms with Crippen molar-refractivity contribution in [2.45, 2.75) is 91.8 Å². The van der Waals surface area contributed by atoms with Crippen LogP contribution < -0.4 is 0 Å². The number of cyclic esters (lactones) is 1. The third-order valence-electron chi connectivity index (χ3n) is 7.69. The summed E-state index contributed by atoms with van der Waals surface area (Å²) < 4.78 is 7.46. The van der Waals surface area contributed by atoms with Crippen LogP contribution in [0.1, 0.15) is 78.4 Å². The number of fused-ring (bicyclic) bond motifs is 1. The summed E-state index contributed by atoms with van der Waals surface area (Å²) in [5.74, 6) is -1.61. The van der Waals surface area contributed by atoms with Gasteiger partial charge in [-0.2, -0.15) is 0 Å². The monoisotopic (exact) mass is 500 g/mol. The lowest BCUT2D eigenvalue weighted by Gasteiger charge is -2.34. The number of nitrogens with zero attached hydrogens (tertiary/aromatic N) is 2. The third-order valence-corrected chi connectivity index (χ3v) is 7.69. The van der Waals surface area contributed by atoms with Gasteiger partial charge in [0.2, 0.25) is 0 Å². The predicted octanol–water partition coefficient (Wildman–Crippen LogP) is 4.07. The molecule has 0 saturated carbocycles. The maximum atomic E-state index is 13.2. The van der Waals surface area contributed by atoms with Crippen molar-refractivity contribution in [1.29, 1.82) is 0 Å². The van der Waals surface area contributed by atoms with Crippen molar-refractivity contribution >= 4 is 22.8 Å². The fourth-order valence-electron chi connectivity index (χ4n) is 4.95. The van der Waals surface area contributed by atoms with Gasteiger partial charge in [0.15, 0.2) is 0 Å². The lowest BCUT2D eigenvalue weighted by Crippen LogP contribution is -2.45. The van der Waals surface area contributed by atoms with Gasteiger partial charge in [-0.05, 0) is 49.8 Å².